The Kier molecular flexibility index (Phi) is 8.22. The van der Waals surface area contributed by atoms with Crippen LogP contribution in [0.4, 0.5) is 5.69 Å². The van der Waals surface area contributed by atoms with Gasteiger partial charge in [0.1, 0.15) is 22.9 Å². The number of rotatable bonds is 8. The molecule has 1 aliphatic heterocycles. The molecule has 3 amide bonds. The van der Waals surface area contributed by atoms with Crippen molar-refractivity contribution in [3.63, 3.8) is 0 Å². The minimum absolute atomic E-state index is 0.0330. The number of pyridine rings is 1. The Morgan fingerprint density at radius 3 is 2.59 bits per heavy atom. The number of amides is 3. The van der Waals surface area contributed by atoms with Crippen molar-refractivity contribution in [1.29, 1.82) is 5.26 Å². The lowest BCUT2D eigenvalue weighted by Gasteiger charge is -2.39. The monoisotopic (exact) mass is 546 g/mol. The Morgan fingerprint density at radius 1 is 1.18 bits per heavy atom. The number of benzene rings is 1. The third-order valence-corrected chi connectivity index (χ3v) is 9.40. The summed E-state index contributed by atoms with van der Waals surface area (Å²) in [6.07, 6.45) is 8.02. The van der Waals surface area contributed by atoms with Gasteiger partial charge in [-0.2, -0.15) is 5.26 Å². The lowest BCUT2D eigenvalue weighted by Crippen LogP contribution is -2.53. The average Bonchev–Trinajstić information content (AvgIpc) is 3.54. The van der Waals surface area contributed by atoms with Crippen LogP contribution in [0.25, 0.3) is 0 Å². The number of aryl methyl sites for hydroxylation is 2. The molecule has 2 atom stereocenters. The number of anilines is 1. The first-order valence-corrected chi connectivity index (χ1v) is 14.8. The number of nitriles is 1. The van der Waals surface area contributed by atoms with Crippen LogP contribution in [0.2, 0.25) is 0 Å². The fourth-order valence-corrected chi connectivity index (χ4v) is 7.07. The molecular weight excluding hydrogens is 512 g/mol. The van der Waals surface area contributed by atoms with E-state index < -0.39 is 11.3 Å². The number of imide groups is 1. The summed E-state index contributed by atoms with van der Waals surface area (Å²) in [6.45, 7) is 1.94. The minimum atomic E-state index is -0.840. The molecular formula is C30H34N4O4S. The molecule has 0 N–H and O–H groups in total. The first kappa shape index (κ1) is 27.2. The molecule has 1 saturated carbocycles. The second kappa shape index (κ2) is 11.8. The number of methoxy groups -OCH3 is 1. The molecule has 5 rings (SSSR count). The summed E-state index contributed by atoms with van der Waals surface area (Å²) in [5.74, 6) is -0.190. The van der Waals surface area contributed by atoms with Gasteiger partial charge in [-0.3, -0.25) is 14.4 Å². The van der Waals surface area contributed by atoms with Gasteiger partial charge in [0.2, 0.25) is 11.8 Å². The van der Waals surface area contributed by atoms with Crippen LogP contribution >= 0.6 is 11.8 Å². The van der Waals surface area contributed by atoms with Gasteiger partial charge >= 0.3 is 0 Å². The molecule has 9 heteroatoms. The van der Waals surface area contributed by atoms with Crippen molar-refractivity contribution in [3.05, 3.63) is 47.2 Å². The van der Waals surface area contributed by atoms with E-state index in [9.17, 15) is 19.6 Å². The fraction of sp³-hybridized carbons (Fsp3) is 0.500. The molecule has 2 fully saturated rings. The van der Waals surface area contributed by atoms with Crippen LogP contribution in [-0.4, -0.2) is 52.0 Å². The molecule has 2 heterocycles. The molecule has 39 heavy (non-hydrogen) atoms. The Labute approximate surface area is 233 Å². The predicted molar refractivity (Wildman–Crippen MR) is 149 cm³/mol. The summed E-state index contributed by atoms with van der Waals surface area (Å²) in [5.41, 5.74) is 3.10. The fourth-order valence-electron chi connectivity index (χ4n) is 6.02. The van der Waals surface area contributed by atoms with Gasteiger partial charge in [0.25, 0.3) is 5.91 Å². The first-order chi connectivity index (χ1) is 18.9. The van der Waals surface area contributed by atoms with Gasteiger partial charge in [0.05, 0.1) is 30.0 Å². The SMILES string of the molecule is CCC(Sc1nc2c(cc1C#N)CCC2)C(=O)N(C1CCCCC1)C1CC(=O)N(c2ccc(OC)cc2)C1=O. The number of carbonyl (C=O) groups excluding carboxylic acids is 3. The average molecular weight is 547 g/mol. The minimum Gasteiger partial charge on any atom is -0.497 e. The van der Waals surface area contributed by atoms with Crippen molar-refractivity contribution < 1.29 is 19.1 Å². The molecule has 2 unspecified atom stereocenters. The highest BCUT2D eigenvalue weighted by molar-refractivity contribution is 8.00. The number of ether oxygens (including phenoxy) is 1. The quantitative estimate of drug-likeness (QED) is 0.346. The molecule has 2 aromatic rings. The van der Waals surface area contributed by atoms with E-state index in [2.05, 4.69) is 6.07 Å². The predicted octanol–water partition coefficient (Wildman–Crippen LogP) is 4.81. The number of aromatic nitrogens is 1. The normalized spacial score (nSPS) is 20.0. The molecule has 1 aromatic carbocycles. The topological polar surface area (TPSA) is 104 Å². The lowest BCUT2D eigenvalue weighted by atomic mass is 9.92. The van der Waals surface area contributed by atoms with E-state index in [1.54, 1.807) is 36.3 Å². The van der Waals surface area contributed by atoms with Gasteiger partial charge in [0.15, 0.2) is 0 Å². The molecule has 2 aliphatic carbocycles. The van der Waals surface area contributed by atoms with Gasteiger partial charge in [-0.25, -0.2) is 9.88 Å². The maximum absolute atomic E-state index is 14.3. The van der Waals surface area contributed by atoms with Crippen LogP contribution < -0.4 is 9.64 Å². The van der Waals surface area contributed by atoms with Crippen molar-refractivity contribution >= 4 is 35.2 Å². The largest absolute Gasteiger partial charge is 0.497 e. The van der Waals surface area contributed by atoms with E-state index in [4.69, 9.17) is 9.72 Å². The van der Waals surface area contributed by atoms with Gasteiger partial charge in [-0.1, -0.05) is 37.9 Å². The van der Waals surface area contributed by atoms with Crippen LogP contribution in [0.15, 0.2) is 35.4 Å². The second-order valence-electron chi connectivity index (χ2n) is 10.4. The van der Waals surface area contributed by atoms with Gasteiger partial charge in [-0.05, 0) is 74.4 Å². The van der Waals surface area contributed by atoms with Crippen LogP contribution in [-0.2, 0) is 27.2 Å². The third-order valence-electron chi connectivity index (χ3n) is 8.05. The summed E-state index contributed by atoms with van der Waals surface area (Å²) in [7, 11) is 1.56. The Bertz CT molecular complexity index is 1300. The number of nitrogens with zero attached hydrogens (tertiary/aromatic N) is 4. The van der Waals surface area contributed by atoms with E-state index in [0.29, 0.717) is 28.4 Å². The number of fused-ring (bicyclic) bond motifs is 1. The molecule has 1 aromatic heterocycles. The lowest BCUT2D eigenvalue weighted by molar-refractivity contribution is -0.141. The molecule has 1 saturated heterocycles. The Balaban J connectivity index is 1.44. The molecule has 204 valence electrons. The highest BCUT2D eigenvalue weighted by atomic mass is 32.2. The smallest absolute Gasteiger partial charge is 0.257 e. The summed E-state index contributed by atoms with van der Waals surface area (Å²) >= 11 is 1.32. The van der Waals surface area contributed by atoms with E-state index >= 15 is 0 Å². The van der Waals surface area contributed by atoms with Crippen molar-refractivity contribution in [1.82, 2.24) is 9.88 Å². The first-order valence-electron chi connectivity index (χ1n) is 13.9. The van der Waals surface area contributed by atoms with Crippen molar-refractivity contribution in [2.24, 2.45) is 0 Å². The maximum Gasteiger partial charge on any atom is 0.257 e. The Morgan fingerprint density at radius 2 is 1.92 bits per heavy atom. The highest BCUT2D eigenvalue weighted by Gasteiger charge is 2.47. The van der Waals surface area contributed by atoms with Crippen LogP contribution in [0, 0.1) is 11.3 Å². The number of thioether (sulfide) groups is 1. The van der Waals surface area contributed by atoms with Crippen molar-refractivity contribution in [2.45, 2.75) is 93.5 Å². The molecule has 8 nitrogen and oxygen atoms in total. The van der Waals surface area contributed by atoms with Crippen LogP contribution in [0.1, 0.15) is 75.1 Å². The number of hydrogen-bond acceptors (Lipinski definition) is 7. The zero-order valence-electron chi connectivity index (χ0n) is 22.5. The maximum atomic E-state index is 14.3. The van der Waals surface area contributed by atoms with Crippen molar-refractivity contribution in [3.8, 4) is 11.8 Å². The summed E-state index contributed by atoms with van der Waals surface area (Å²) in [4.78, 5) is 48.9. The summed E-state index contributed by atoms with van der Waals surface area (Å²) in [5, 5.41) is 9.87. The number of carbonyl (C=O) groups is 3. The van der Waals surface area contributed by atoms with E-state index in [-0.39, 0.29) is 30.2 Å². The zero-order chi connectivity index (χ0) is 27.5. The van der Waals surface area contributed by atoms with E-state index in [0.717, 1.165) is 62.6 Å². The molecule has 0 spiro atoms. The molecule has 0 radical (unpaired) electrons. The van der Waals surface area contributed by atoms with Crippen LogP contribution in [0.5, 0.6) is 5.75 Å². The van der Waals surface area contributed by atoms with E-state index in [1.165, 1.54) is 16.7 Å². The van der Waals surface area contributed by atoms with Gasteiger partial charge in [0, 0.05) is 11.7 Å². The van der Waals surface area contributed by atoms with Gasteiger partial charge < -0.3 is 9.64 Å². The van der Waals surface area contributed by atoms with Crippen LogP contribution in [0.3, 0.4) is 0 Å². The highest BCUT2D eigenvalue weighted by Crippen LogP contribution is 2.36. The third kappa shape index (κ3) is 5.40. The number of hydrogen-bond donors (Lipinski definition) is 0. The summed E-state index contributed by atoms with van der Waals surface area (Å²) in [6, 6.07) is 10.1. The van der Waals surface area contributed by atoms with E-state index in [1.807, 2.05) is 13.0 Å². The Hall–Kier alpha value is -3.38. The zero-order valence-corrected chi connectivity index (χ0v) is 23.3. The molecule has 3 aliphatic rings. The summed E-state index contributed by atoms with van der Waals surface area (Å²) < 4.78 is 5.22. The molecule has 0 bridgehead atoms. The standard InChI is InChI=1S/C30H34N4O4S/c1-3-26(39-28-20(18-31)16-19-8-7-11-24(19)32-28)30(37)33(21-9-5-4-6-10-21)25-17-27(35)34(29(25)36)22-12-14-23(38-2)15-13-22/h12-16,21,25-26H,3-11,17H2,1-2H3. The van der Waals surface area contributed by atoms with Crippen molar-refractivity contribution in [2.75, 3.05) is 12.0 Å². The van der Waals surface area contributed by atoms with Gasteiger partial charge in [-0.15, -0.1) is 0 Å². The second-order valence-corrected chi connectivity index (χ2v) is 11.6.